The van der Waals surface area contributed by atoms with Gasteiger partial charge < -0.3 is 9.84 Å². The molecule has 0 atom stereocenters. The van der Waals surface area contributed by atoms with Gasteiger partial charge in [0.1, 0.15) is 5.75 Å². The molecule has 0 amide bonds. The summed E-state index contributed by atoms with van der Waals surface area (Å²) in [5.41, 5.74) is -2.06. The smallest absolute Gasteiger partial charge is 0.419 e. The van der Waals surface area contributed by atoms with E-state index in [0.29, 0.717) is 19.3 Å². The van der Waals surface area contributed by atoms with E-state index < -0.39 is 23.1 Å². The molecule has 1 saturated carbocycles. The molecule has 104 valence electrons. The van der Waals surface area contributed by atoms with Crippen LogP contribution in [0.2, 0.25) is 0 Å². The Morgan fingerprint density at radius 1 is 1.37 bits per heavy atom. The second-order valence-corrected chi connectivity index (χ2v) is 4.62. The van der Waals surface area contributed by atoms with E-state index in [1.54, 1.807) is 0 Å². The number of hydrogen-bond acceptors (Lipinski definition) is 2. The lowest BCUT2D eigenvalue weighted by Crippen LogP contribution is -2.42. The first-order valence-corrected chi connectivity index (χ1v) is 5.81. The van der Waals surface area contributed by atoms with Gasteiger partial charge in [-0.15, -0.1) is 0 Å². The molecule has 1 N–H and O–H groups in total. The summed E-state index contributed by atoms with van der Waals surface area (Å²) in [4.78, 5) is 11.4. The Morgan fingerprint density at radius 2 is 2.00 bits per heavy atom. The Bertz CT molecular complexity index is 504. The van der Waals surface area contributed by atoms with Crippen LogP contribution >= 0.6 is 0 Å². The van der Waals surface area contributed by atoms with E-state index in [-0.39, 0.29) is 11.3 Å². The van der Waals surface area contributed by atoms with Crippen LogP contribution in [0.3, 0.4) is 0 Å². The number of hydrogen-bond donors (Lipinski definition) is 1. The molecule has 0 spiro atoms. The Morgan fingerprint density at radius 3 is 2.37 bits per heavy atom. The first kappa shape index (κ1) is 13.7. The lowest BCUT2D eigenvalue weighted by Gasteiger charge is -2.39. The van der Waals surface area contributed by atoms with Crippen molar-refractivity contribution < 1.29 is 27.8 Å². The van der Waals surface area contributed by atoms with Gasteiger partial charge in [0.15, 0.2) is 0 Å². The molecular formula is C13H13F3O3. The summed E-state index contributed by atoms with van der Waals surface area (Å²) in [7, 11) is 1.13. The maximum Gasteiger partial charge on any atom is 0.419 e. The molecule has 0 aliphatic heterocycles. The van der Waals surface area contributed by atoms with Gasteiger partial charge in [-0.05, 0) is 18.9 Å². The van der Waals surface area contributed by atoms with Crippen molar-refractivity contribution in [3.63, 3.8) is 0 Å². The van der Waals surface area contributed by atoms with Crippen LogP contribution in [0.15, 0.2) is 18.2 Å². The second kappa shape index (κ2) is 4.43. The fraction of sp³-hybridized carbons (Fsp3) is 0.462. The molecule has 6 heteroatoms. The summed E-state index contributed by atoms with van der Waals surface area (Å²) in [5.74, 6) is -1.48. The van der Waals surface area contributed by atoms with E-state index >= 15 is 0 Å². The highest BCUT2D eigenvalue weighted by Gasteiger charge is 2.49. The van der Waals surface area contributed by atoms with Crippen molar-refractivity contribution in [2.45, 2.75) is 30.9 Å². The zero-order chi connectivity index (χ0) is 14.3. The van der Waals surface area contributed by atoms with Crippen LogP contribution in [0.5, 0.6) is 5.75 Å². The van der Waals surface area contributed by atoms with Crippen molar-refractivity contribution in [2.24, 2.45) is 0 Å². The lowest BCUT2D eigenvalue weighted by molar-refractivity contribution is -0.148. The maximum absolute atomic E-state index is 12.9. The van der Waals surface area contributed by atoms with Crippen LogP contribution in [-0.4, -0.2) is 18.2 Å². The van der Waals surface area contributed by atoms with Crippen molar-refractivity contribution in [1.29, 1.82) is 0 Å². The Labute approximate surface area is 108 Å². The molecule has 1 aliphatic carbocycles. The number of carboxylic acids is 1. The molecule has 0 heterocycles. The van der Waals surface area contributed by atoms with Crippen molar-refractivity contribution in [3.05, 3.63) is 29.3 Å². The molecular weight excluding hydrogens is 261 g/mol. The van der Waals surface area contributed by atoms with Crippen LogP contribution < -0.4 is 4.74 Å². The van der Waals surface area contributed by atoms with Gasteiger partial charge in [-0.1, -0.05) is 18.6 Å². The maximum atomic E-state index is 12.9. The minimum absolute atomic E-state index is 0.114. The molecule has 2 rings (SSSR count). The summed E-state index contributed by atoms with van der Waals surface area (Å²) in [6, 6.07) is 3.53. The van der Waals surface area contributed by atoms with E-state index in [1.807, 2.05) is 0 Å². The molecule has 0 bridgehead atoms. The van der Waals surface area contributed by atoms with Gasteiger partial charge in [-0.3, -0.25) is 4.79 Å². The number of para-hydroxylation sites is 1. The highest BCUT2D eigenvalue weighted by Crippen LogP contribution is 2.50. The van der Waals surface area contributed by atoms with Gasteiger partial charge in [0.25, 0.3) is 0 Å². The summed E-state index contributed by atoms with van der Waals surface area (Å²) in [6.45, 7) is 0. The van der Waals surface area contributed by atoms with Gasteiger partial charge in [-0.25, -0.2) is 0 Å². The molecule has 0 unspecified atom stereocenters. The Kier molecular flexibility index (Phi) is 3.20. The topological polar surface area (TPSA) is 46.5 Å². The van der Waals surface area contributed by atoms with E-state index in [9.17, 15) is 23.1 Å². The Balaban J connectivity index is 2.62. The number of alkyl halides is 3. The number of carboxylic acid groups (broad SMARTS) is 1. The second-order valence-electron chi connectivity index (χ2n) is 4.62. The van der Waals surface area contributed by atoms with E-state index in [4.69, 9.17) is 4.74 Å². The largest absolute Gasteiger partial charge is 0.496 e. The monoisotopic (exact) mass is 274 g/mol. The van der Waals surface area contributed by atoms with Gasteiger partial charge in [0.05, 0.1) is 18.1 Å². The predicted molar refractivity (Wildman–Crippen MR) is 61.2 cm³/mol. The van der Waals surface area contributed by atoms with Crippen molar-refractivity contribution in [1.82, 2.24) is 0 Å². The number of carbonyl (C=O) groups is 1. The minimum atomic E-state index is -4.56. The predicted octanol–water partition coefficient (Wildman–Crippen LogP) is 3.22. The van der Waals surface area contributed by atoms with Gasteiger partial charge in [0.2, 0.25) is 0 Å². The third-order valence-electron chi connectivity index (χ3n) is 3.66. The van der Waals surface area contributed by atoms with E-state index in [2.05, 4.69) is 0 Å². The molecule has 0 radical (unpaired) electrons. The molecule has 3 nitrogen and oxygen atoms in total. The number of halogens is 3. The first-order valence-electron chi connectivity index (χ1n) is 5.81. The van der Waals surface area contributed by atoms with Crippen LogP contribution in [-0.2, 0) is 16.4 Å². The molecule has 0 aromatic heterocycles. The number of aliphatic carboxylic acids is 1. The van der Waals surface area contributed by atoms with Crippen molar-refractivity contribution >= 4 is 5.97 Å². The molecule has 1 aliphatic rings. The third-order valence-corrected chi connectivity index (χ3v) is 3.66. The van der Waals surface area contributed by atoms with E-state index in [0.717, 1.165) is 13.2 Å². The zero-order valence-corrected chi connectivity index (χ0v) is 10.3. The van der Waals surface area contributed by atoms with Crippen molar-refractivity contribution in [2.75, 3.05) is 7.11 Å². The highest BCUT2D eigenvalue weighted by atomic mass is 19.4. The van der Waals surface area contributed by atoms with Crippen molar-refractivity contribution in [3.8, 4) is 5.75 Å². The van der Waals surface area contributed by atoms with Crippen LogP contribution in [0, 0.1) is 0 Å². The molecule has 1 aromatic carbocycles. The number of rotatable bonds is 3. The number of ether oxygens (including phenoxy) is 1. The SMILES string of the molecule is COc1c(C(F)(F)F)cccc1C1(C(=O)O)CCC1. The normalized spacial score (nSPS) is 17.7. The summed E-state index contributed by atoms with van der Waals surface area (Å²) in [6.07, 6.45) is -3.21. The number of benzene rings is 1. The van der Waals surface area contributed by atoms with Gasteiger partial charge >= 0.3 is 12.1 Å². The fourth-order valence-electron chi connectivity index (χ4n) is 2.49. The highest BCUT2D eigenvalue weighted by molar-refractivity contribution is 5.84. The molecule has 0 saturated heterocycles. The van der Waals surface area contributed by atoms with Gasteiger partial charge in [0, 0.05) is 5.56 Å². The molecule has 1 fully saturated rings. The summed E-state index contributed by atoms with van der Waals surface area (Å²) in [5, 5.41) is 9.31. The Hall–Kier alpha value is -1.72. The lowest BCUT2D eigenvalue weighted by atomic mass is 9.64. The van der Waals surface area contributed by atoms with Gasteiger partial charge in [-0.2, -0.15) is 13.2 Å². The first-order chi connectivity index (χ1) is 8.83. The zero-order valence-electron chi connectivity index (χ0n) is 10.3. The summed E-state index contributed by atoms with van der Waals surface area (Å²) >= 11 is 0. The molecule has 1 aromatic rings. The number of methoxy groups -OCH3 is 1. The standard InChI is InChI=1S/C13H13F3O3/c1-19-10-8(12(11(17)18)6-3-7-12)4-2-5-9(10)13(14,15)16/h2,4-5H,3,6-7H2,1H3,(H,17,18). The molecule has 19 heavy (non-hydrogen) atoms. The third kappa shape index (κ3) is 2.05. The summed E-state index contributed by atoms with van der Waals surface area (Å²) < 4.78 is 43.5. The van der Waals surface area contributed by atoms with Crippen LogP contribution in [0.1, 0.15) is 30.4 Å². The fourth-order valence-corrected chi connectivity index (χ4v) is 2.49. The average molecular weight is 274 g/mol. The average Bonchev–Trinajstić information content (AvgIpc) is 2.25. The van der Waals surface area contributed by atoms with E-state index in [1.165, 1.54) is 12.1 Å². The minimum Gasteiger partial charge on any atom is -0.496 e. The van der Waals surface area contributed by atoms with Crippen LogP contribution in [0.25, 0.3) is 0 Å². The quantitative estimate of drug-likeness (QED) is 0.920. The van der Waals surface area contributed by atoms with Crippen LogP contribution in [0.4, 0.5) is 13.2 Å².